The van der Waals surface area contributed by atoms with Crippen LogP contribution in [-0.4, -0.2) is 48.3 Å². The summed E-state index contributed by atoms with van der Waals surface area (Å²) in [5.41, 5.74) is 0. The zero-order valence-corrected chi connectivity index (χ0v) is 15.3. The van der Waals surface area contributed by atoms with Crippen LogP contribution in [0.3, 0.4) is 0 Å². The predicted molar refractivity (Wildman–Crippen MR) is 98.2 cm³/mol. The zero-order valence-electron chi connectivity index (χ0n) is 14.3. The topological polar surface area (TPSA) is 92.8 Å². The van der Waals surface area contributed by atoms with Crippen LogP contribution in [0.5, 0.6) is 0 Å². The third kappa shape index (κ3) is 2.92. The molecule has 0 unspecified atom stereocenters. The van der Waals surface area contributed by atoms with E-state index >= 15 is 0 Å². The first kappa shape index (κ1) is 17.6. The summed E-state index contributed by atoms with van der Waals surface area (Å²) in [4.78, 5) is 24.5. The Morgan fingerprint density at radius 2 is 1.12 bits per heavy atom. The van der Waals surface area contributed by atoms with Crippen LogP contribution in [0.4, 0.5) is 0 Å². The van der Waals surface area contributed by atoms with Gasteiger partial charge in [0.2, 0.25) is 14.6 Å². The smallest absolute Gasteiger partial charge is 0.358 e. The molecule has 0 bridgehead atoms. The van der Waals surface area contributed by atoms with Gasteiger partial charge in [0.1, 0.15) is 0 Å². The molecular weight excluding hydrogens is 352 g/mol. The molecule has 0 saturated carbocycles. The lowest BCUT2D eigenvalue weighted by Crippen LogP contribution is -2.61. The molecule has 0 N–H and O–H groups in total. The Morgan fingerprint density at radius 3 is 1.42 bits per heavy atom. The Labute approximate surface area is 151 Å². The Balaban J connectivity index is 2.14. The lowest BCUT2D eigenvalue weighted by atomic mass is 10.4. The molecule has 1 heterocycles. The molecule has 0 amide bonds. The molecule has 0 aromatic heterocycles. The molecule has 1 aliphatic heterocycles. The van der Waals surface area contributed by atoms with Gasteiger partial charge in [0.15, 0.2) is 0 Å². The monoisotopic (exact) mass is 369 g/mol. The average Bonchev–Trinajstić information content (AvgIpc) is 2.89. The van der Waals surface area contributed by atoms with Crippen LogP contribution in [0.25, 0.3) is 0 Å². The fourth-order valence-corrected chi connectivity index (χ4v) is 6.37. The number of rotatable bonds is 5. The summed E-state index contributed by atoms with van der Waals surface area (Å²) in [6.07, 6.45) is 0. The van der Waals surface area contributed by atoms with E-state index in [0.29, 0.717) is 0 Å². The van der Waals surface area contributed by atoms with E-state index in [1.807, 2.05) is 60.7 Å². The molecule has 3 rings (SSSR count). The summed E-state index contributed by atoms with van der Waals surface area (Å²) in [7, 11) is 1.49. The largest absolute Gasteiger partial charge is 0.415 e. The molecule has 0 aliphatic carbocycles. The highest BCUT2D eigenvalue weighted by molar-refractivity contribution is 6.86. The van der Waals surface area contributed by atoms with E-state index in [0.717, 1.165) is 10.4 Å². The third-order valence-corrected chi connectivity index (χ3v) is 7.58. The maximum atomic E-state index is 11.5. The Morgan fingerprint density at radius 1 is 0.769 bits per heavy atom. The Bertz CT molecular complexity index is 790. The van der Waals surface area contributed by atoms with Crippen LogP contribution < -0.4 is 10.4 Å². The molecular formula is C17H17N4O4Si. The number of nitro groups is 2. The highest BCUT2D eigenvalue weighted by Gasteiger charge is 2.55. The van der Waals surface area contributed by atoms with E-state index in [2.05, 4.69) is 0 Å². The molecule has 2 aromatic rings. The molecule has 9 heteroatoms. The molecule has 1 radical (unpaired) electrons. The van der Waals surface area contributed by atoms with Gasteiger partial charge in [-0.15, -0.1) is 0 Å². The van der Waals surface area contributed by atoms with Gasteiger partial charge < -0.3 is 20.2 Å². The van der Waals surface area contributed by atoms with E-state index in [4.69, 9.17) is 0 Å². The van der Waals surface area contributed by atoms with E-state index in [-0.39, 0.29) is 0 Å². The van der Waals surface area contributed by atoms with Gasteiger partial charge in [0, 0.05) is 0 Å². The van der Waals surface area contributed by atoms with Crippen molar-refractivity contribution in [1.29, 1.82) is 0 Å². The van der Waals surface area contributed by atoms with Crippen LogP contribution in [0.1, 0.15) is 0 Å². The fourth-order valence-electron chi connectivity index (χ4n) is 3.32. The van der Waals surface area contributed by atoms with Gasteiger partial charge in [0.25, 0.3) is 0 Å². The summed E-state index contributed by atoms with van der Waals surface area (Å²) in [5.74, 6) is -1.45. The van der Waals surface area contributed by atoms with Gasteiger partial charge in [-0.3, -0.25) is 0 Å². The summed E-state index contributed by atoms with van der Waals surface area (Å²) in [5, 5.41) is 25.1. The maximum absolute atomic E-state index is 11.5. The minimum atomic E-state index is -1.60. The highest BCUT2D eigenvalue weighted by Crippen LogP contribution is 2.28. The van der Waals surface area contributed by atoms with Crippen molar-refractivity contribution in [2.75, 3.05) is 14.1 Å². The van der Waals surface area contributed by atoms with Crippen molar-refractivity contribution < 1.29 is 9.85 Å². The fraction of sp³-hybridized carbons (Fsp3) is 0.176. The minimum absolute atomic E-state index is 0.475. The Kier molecular flexibility index (Phi) is 4.72. The summed E-state index contributed by atoms with van der Waals surface area (Å²) in [6.45, 7) is 0. The quantitative estimate of drug-likeness (QED) is 0.438. The van der Waals surface area contributed by atoms with E-state index in [9.17, 15) is 20.2 Å². The molecule has 0 saturated heterocycles. The van der Waals surface area contributed by atoms with Crippen molar-refractivity contribution in [2.24, 2.45) is 0 Å². The number of hydrogen-bond acceptors (Lipinski definition) is 6. The standard InChI is InChI=1S/C17H17N4O4Si/c1-18-15(20(22)23)16(21(24)25)19(2)17(18)26(13-9-5-3-6-10-13)14-11-7-4-8-12-14/h3-12,17H,1-2H3. The van der Waals surface area contributed by atoms with Gasteiger partial charge in [-0.1, -0.05) is 60.7 Å². The Hall–Kier alpha value is -3.20. The number of hydrogen-bond donors (Lipinski definition) is 0. The van der Waals surface area contributed by atoms with Crippen molar-refractivity contribution in [3.8, 4) is 0 Å². The van der Waals surface area contributed by atoms with Gasteiger partial charge in [-0.25, -0.2) is 9.80 Å². The summed E-state index contributed by atoms with van der Waals surface area (Å²) < 4.78 is 0. The first-order valence-electron chi connectivity index (χ1n) is 7.90. The van der Waals surface area contributed by atoms with Gasteiger partial charge in [0.05, 0.1) is 14.1 Å². The van der Waals surface area contributed by atoms with Crippen molar-refractivity contribution in [2.45, 2.75) is 5.79 Å². The van der Waals surface area contributed by atoms with Crippen LogP contribution in [0, 0.1) is 20.2 Å². The molecule has 1 aliphatic rings. The van der Waals surface area contributed by atoms with Gasteiger partial charge in [-0.05, 0) is 20.2 Å². The van der Waals surface area contributed by atoms with Crippen LogP contribution in [-0.2, 0) is 0 Å². The minimum Gasteiger partial charge on any atom is -0.358 e. The zero-order chi connectivity index (χ0) is 18.8. The molecule has 0 atom stereocenters. The molecule has 2 aromatic carbocycles. The SMILES string of the molecule is CN1C([N+](=O)[O-])=C([N+](=O)[O-])N(C)C1[Si](c1ccccc1)c1ccccc1. The van der Waals surface area contributed by atoms with E-state index < -0.39 is 36.1 Å². The average molecular weight is 369 g/mol. The second-order valence-corrected chi connectivity index (χ2v) is 8.40. The lowest BCUT2D eigenvalue weighted by molar-refractivity contribution is -0.486. The lowest BCUT2D eigenvalue weighted by Gasteiger charge is -2.26. The van der Waals surface area contributed by atoms with Crippen molar-refractivity contribution in [1.82, 2.24) is 9.80 Å². The van der Waals surface area contributed by atoms with E-state index in [1.165, 1.54) is 9.80 Å². The highest BCUT2D eigenvalue weighted by atomic mass is 28.3. The number of benzene rings is 2. The molecule has 133 valence electrons. The maximum Gasteiger partial charge on any atom is 0.415 e. The van der Waals surface area contributed by atoms with Crippen LogP contribution in [0.2, 0.25) is 0 Å². The van der Waals surface area contributed by atoms with Crippen LogP contribution in [0.15, 0.2) is 72.3 Å². The first-order valence-corrected chi connectivity index (χ1v) is 9.47. The second-order valence-electron chi connectivity index (χ2n) is 5.90. The van der Waals surface area contributed by atoms with Gasteiger partial charge >= 0.3 is 11.6 Å². The normalized spacial score (nSPS) is 15.0. The van der Waals surface area contributed by atoms with E-state index in [1.54, 1.807) is 14.1 Å². The number of nitrogens with zero attached hydrogens (tertiary/aromatic N) is 4. The van der Waals surface area contributed by atoms with Crippen molar-refractivity contribution in [3.05, 3.63) is 92.5 Å². The first-order chi connectivity index (χ1) is 12.4. The molecule has 8 nitrogen and oxygen atoms in total. The molecule has 0 fully saturated rings. The predicted octanol–water partition coefficient (Wildman–Crippen LogP) is 0.718. The van der Waals surface area contributed by atoms with Crippen molar-refractivity contribution >= 4 is 19.2 Å². The molecule has 26 heavy (non-hydrogen) atoms. The van der Waals surface area contributed by atoms with Gasteiger partial charge in [-0.2, -0.15) is 0 Å². The molecule has 0 spiro atoms. The summed E-state index contributed by atoms with van der Waals surface area (Å²) >= 11 is 0. The van der Waals surface area contributed by atoms with Crippen LogP contribution >= 0.6 is 0 Å². The summed E-state index contributed by atoms with van der Waals surface area (Å²) in [6, 6.07) is 19.3. The second kappa shape index (κ2) is 6.96. The van der Waals surface area contributed by atoms with Crippen molar-refractivity contribution in [3.63, 3.8) is 0 Å². The third-order valence-electron chi connectivity index (χ3n) is 4.38.